The number of furan rings is 1. The van der Waals surface area contributed by atoms with Gasteiger partial charge in [-0.1, -0.05) is 15.9 Å². The van der Waals surface area contributed by atoms with E-state index in [4.69, 9.17) is 4.42 Å². The first kappa shape index (κ1) is 14.8. The highest BCUT2D eigenvalue weighted by Gasteiger charge is 2.21. The van der Waals surface area contributed by atoms with E-state index in [1.807, 2.05) is 55.6 Å². The molecule has 0 saturated heterocycles. The summed E-state index contributed by atoms with van der Waals surface area (Å²) in [4.78, 5) is 12.1. The molecule has 0 aliphatic rings. The van der Waals surface area contributed by atoms with Crippen molar-refractivity contribution in [3.63, 3.8) is 0 Å². The van der Waals surface area contributed by atoms with Crippen molar-refractivity contribution >= 4 is 27.5 Å². The van der Waals surface area contributed by atoms with E-state index in [0.717, 1.165) is 15.9 Å². The van der Waals surface area contributed by atoms with Crippen LogP contribution in [0.4, 0.5) is 5.69 Å². The first-order valence-corrected chi connectivity index (χ1v) is 7.30. The van der Waals surface area contributed by atoms with Crippen LogP contribution in [0.2, 0.25) is 0 Å². The molecule has 1 heterocycles. The first-order valence-electron chi connectivity index (χ1n) is 6.51. The molecule has 0 fully saturated rings. The summed E-state index contributed by atoms with van der Waals surface area (Å²) in [7, 11) is 0. The van der Waals surface area contributed by atoms with Gasteiger partial charge in [0.15, 0.2) is 11.8 Å². The zero-order valence-electron chi connectivity index (χ0n) is 11.5. The predicted molar refractivity (Wildman–Crippen MR) is 81.3 cm³/mol. The van der Waals surface area contributed by atoms with E-state index < -0.39 is 0 Å². The molecule has 0 bridgehead atoms. The third-order valence-electron chi connectivity index (χ3n) is 3.09. The zero-order chi connectivity index (χ0) is 14.5. The minimum atomic E-state index is -0.196. The van der Waals surface area contributed by atoms with Gasteiger partial charge in [0.1, 0.15) is 6.04 Å². The second kappa shape index (κ2) is 6.72. The second-order valence-electron chi connectivity index (χ2n) is 4.78. The van der Waals surface area contributed by atoms with Crippen molar-refractivity contribution in [3.05, 3.63) is 52.9 Å². The molecule has 1 aromatic heterocycles. The summed E-state index contributed by atoms with van der Waals surface area (Å²) in [6, 6.07) is 11.2. The molecule has 2 atom stereocenters. The highest BCUT2D eigenvalue weighted by Crippen LogP contribution is 2.14. The van der Waals surface area contributed by atoms with Crippen molar-refractivity contribution < 1.29 is 14.5 Å². The van der Waals surface area contributed by atoms with Crippen molar-refractivity contribution in [2.45, 2.75) is 25.9 Å². The molecule has 4 nitrogen and oxygen atoms in total. The van der Waals surface area contributed by atoms with Crippen LogP contribution in [0.25, 0.3) is 0 Å². The summed E-state index contributed by atoms with van der Waals surface area (Å²) in [5, 5.41) is 4.88. The lowest BCUT2D eigenvalue weighted by Gasteiger charge is -2.15. The molecule has 106 valence electrons. The molecule has 0 radical (unpaired) electrons. The van der Waals surface area contributed by atoms with Crippen LogP contribution >= 0.6 is 15.9 Å². The summed E-state index contributed by atoms with van der Waals surface area (Å²) in [5.74, 6) is 0.846. The second-order valence-corrected chi connectivity index (χ2v) is 5.70. The zero-order valence-corrected chi connectivity index (χ0v) is 13.1. The maximum Gasteiger partial charge on any atom is 0.282 e. The Morgan fingerprint density at radius 3 is 2.55 bits per heavy atom. The highest BCUT2D eigenvalue weighted by molar-refractivity contribution is 9.10. The Balaban J connectivity index is 1.90. The minimum Gasteiger partial charge on any atom is -0.463 e. The first-order chi connectivity index (χ1) is 9.56. The molecule has 1 aromatic carbocycles. The quantitative estimate of drug-likeness (QED) is 0.881. The van der Waals surface area contributed by atoms with Crippen molar-refractivity contribution in [1.29, 1.82) is 0 Å². The Morgan fingerprint density at radius 2 is 1.95 bits per heavy atom. The van der Waals surface area contributed by atoms with Gasteiger partial charge < -0.3 is 15.1 Å². The molecular formula is C15H18BrN2O2+. The van der Waals surface area contributed by atoms with Crippen LogP contribution in [0.15, 0.2) is 51.6 Å². The van der Waals surface area contributed by atoms with Crippen molar-refractivity contribution in [2.75, 3.05) is 5.32 Å². The van der Waals surface area contributed by atoms with Crippen molar-refractivity contribution in [1.82, 2.24) is 0 Å². The van der Waals surface area contributed by atoms with Gasteiger partial charge in [-0.05, 0) is 50.2 Å². The van der Waals surface area contributed by atoms with Crippen LogP contribution in [0.5, 0.6) is 0 Å². The number of quaternary nitrogens is 1. The number of nitrogens with two attached hydrogens (primary N) is 1. The highest BCUT2D eigenvalue weighted by atomic mass is 79.9. The van der Waals surface area contributed by atoms with E-state index in [0.29, 0.717) is 0 Å². The number of anilines is 1. The Bertz CT molecular complexity index is 552. The minimum absolute atomic E-state index is 0.0225. The van der Waals surface area contributed by atoms with Crippen LogP contribution in [0, 0.1) is 0 Å². The van der Waals surface area contributed by atoms with Crippen LogP contribution in [-0.4, -0.2) is 11.9 Å². The lowest BCUT2D eigenvalue weighted by Crippen LogP contribution is -2.91. The lowest BCUT2D eigenvalue weighted by atomic mass is 10.2. The fourth-order valence-electron chi connectivity index (χ4n) is 1.95. The van der Waals surface area contributed by atoms with Gasteiger partial charge in [-0.25, -0.2) is 0 Å². The van der Waals surface area contributed by atoms with Crippen molar-refractivity contribution in [3.8, 4) is 0 Å². The van der Waals surface area contributed by atoms with Gasteiger partial charge in [0.05, 0.1) is 6.26 Å². The number of rotatable bonds is 5. The smallest absolute Gasteiger partial charge is 0.282 e. The normalized spacial score (nSPS) is 13.8. The Hall–Kier alpha value is -1.59. The Kier molecular flexibility index (Phi) is 4.98. The maximum atomic E-state index is 12.1. The standard InChI is InChI=1S/C15H17BrN2O2/c1-10(14-4-3-9-20-14)17-11(2)15(19)18-13-7-5-12(16)6-8-13/h3-11,17H,1-2H3,(H,18,19)/p+1/t10-,11+/m0/s1. The topological polar surface area (TPSA) is 58.9 Å². The van der Waals surface area contributed by atoms with E-state index in [1.54, 1.807) is 6.26 Å². The van der Waals surface area contributed by atoms with Gasteiger partial charge >= 0.3 is 0 Å². The van der Waals surface area contributed by atoms with E-state index in [9.17, 15) is 4.79 Å². The molecule has 0 unspecified atom stereocenters. The van der Waals surface area contributed by atoms with Gasteiger partial charge in [-0.15, -0.1) is 0 Å². The van der Waals surface area contributed by atoms with E-state index in [-0.39, 0.29) is 18.0 Å². The number of carbonyl (C=O) groups is 1. The van der Waals surface area contributed by atoms with E-state index in [2.05, 4.69) is 21.2 Å². The average molecular weight is 338 g/mol. The number of hydrogen-bond acceptors (Lipinski definition) is 2. The number of halogens is 1. The molecule has 2 aromatic rings. The van der Waals surface area contributed by atoms with Crippen LogP contribution in [-0.2, 0) is 4.79 Å². The fourth-order valence-corrected chi connectivity index (χ4v) is 2.22. The number of carbonyl (C=O) groups excluding carboxylic acids is 1. The number of hydrogen-bond donors (Lipinski definition) is 2. The maximum absolute atomic E-state index is 12.1. The number of amides is 1. The Labute approximate surface area is 126 Å². The van der Waals surface area contributed by atoms with Crippen molar-refractivity contribution in [2.24, 2.45) is 0 Å². The van der Waals surface area contributed by atoms with Gasteiger partial charge in [0, 0.05) is 10.2 Å². The third kappa shape index (κ3) is 3.95. The molecule has 20 heavy (non-hydrogen) atoms. The number of benzene rings is 1. The molecule has 0 aliphatic heterocycles. The molecule has 0 aliphatic carbocycles. The van der Waals surface area contributed by atoms with Crippen LogP contribution in [0.1, 0.15) is 25.6 Å². The van der Waals surface area contributed by atoms with E-state index in [1.165, 1.54) is 0 Å². The van der Waals surface area contributed by atoms with Gasteiger partial charge in [0.25, 0.3) is 5.91 Å². The van der Waals surface area contributed by atoms with Gasteiger partial charge in [0.2, 0.25) is 0 Å². The number of nitrogens with one attached hydrogen (secondary N) is 1. The molecule has 3 N–H and O–H groups in total. The fraction of sp³-hybridized carbons (Fsp3) is 0.267. The predicted octanol–water partition coefficient (Wildman–Crippen LogP) is 2.69. The van der Waals surface area contributed by atoms with E-state index >= 15 is 0 Å². The Morgan fingerprint density at radius 1 is 1.25 bits per heavy atom. The SMILES string of the molecule is C[C@H]([NH2+][C@H](C)C(=O)Nc1ccc(Br)cc1)c1ccco1. The molecule has 0 spiro atoms. The monoisotopic (exact) mass is 337 g/mol. The molecule has 0 saturated carbocycles. The lowest BCUT2D eigenvalue weighted by molar-refractivity contribution is -0.711. The molecular weight excluding hydrogens is 320 g/mol. The summed E-state index contributed by atoms with van der Waals surface area (Å²) in [6.45, 7) is 3.90. The molecule has 2 rings (SSSR count). The summed E-state index contributed by atoms with van der Waals surface area (Å²) in [6.07, 6.45) is 1.65. The third-order valence-corrected chi connectivity index (χ3v) is 3.62. The van der Waals surface area contributed by atoms with Gasteiger partial charge in [-0.3, -0.25) is 4.79 Å². The molecule has 5 heteroatoms. The summed E-state index contributed by atoms with van der Waals surface area (Å²) in [5.41, 5.74) is 0.795. The summed E-state index contributed by atoms with van der Waals surface area (Å²) >= 11 is 3.37. The molecule has 1 amide bonds. The van der Waals surface area contributed by atoms with Crippen LogP contribution < -0.4 is 10.6 Å². The van der Waals surface area contributed by atoms with Gasteiger partial charge in [-0.2, -0.15) is 0 Å². The summed E-state index contributed by atoms with van der Waals surface area (Å²) < 4.78 is 6.33. The van der Waals surface area contributed by atoms with Crippen LogP contribution in [0.3, 0.4) is 0 Å². The largest absolute Gasteiger partial charge is 0.463 e. The average Bonchev–Trinajstić information content (AvgIpc) is 2.95.